The van der Waals surface area contributed by atoms with Crippen molar-refractivity contribution in [3.8, 4) is 0 Å². The molecule has 1 radical (unpaired) electrons. The Hall–Kier alpha value is 4.68. The average Bonchev–Trinajstić information content (AvgIpc) is 0. The third-order valence-corrected chi connectivity index (χ3v) is 0. The second-order valence-electron chi connectivity index (χ2n) is 0. The summed E-state index contributed by atoms with van der Waals surface area (Å²) in [5.74, 6) is 0. The number of hydrogen-bond donors (Lipinski definition) is 0. The van der Waals surface area contributed by atoms with Crippen molar-refractivity contribution in [2.45, 2.75) is 0 Å². The van der Waals surface area contributed by atoms with Gasteiger partial charge in [-0.2, -0.15) is 0 Å². The van der Waals surface area contributed by atoms with Crippen molar-refractivity contribution in [3.63, 3.8) is 0 Å². The minimum absolute atomic E-state index is 0. The topological polar surface area (TPSA) is 0 Å². The van der Waals surface area contributed by atoms with Crippen LogP contribution in [0.15, 0.2) is 0 Å². The first kappa shape index (κ1) is 60.9. The molecule has 0 spiro atoms. The maximum absolute atomic E-state index is 0. The van der Waals surface area contributed by atoms with E-state index in [1.807, 2.05) is 0 Å². The van der Waals surface area contributed by atoms with Gasteiger partial charge in [0.25, 0.3) is 0 Å². The van der Waals surface area contributed by atoms with Gasteiger partial charge in [-0.3, -0.25) is 0 Å². The summed E-state index contributed by atoms with van der Waals surface area (Å²) in [7, 11) is 0. The first-order valence-electron chi connectivity index (χ1n) is 0. The van der Waals surface area contributed by atoms with Crippen LogP contribution in [0.25, 0.3) is 0 Å². The summed E-state index contributed by atoms with van der Waals surface area (Å²) < 4.78 is 0. The maximum Gasteiger partial charge on any atom is 0.316 e. The zero-order valence-corrected chi connectivity index (χ0v) is 1.56. The standard InChI is InChI=1S/4Al.Ca.Mg.Mn.16H. The van der Waals surface area contributed by atoms with Crippen molar-refractivity contribution in [1.82, 2.24) is 0 Å². The molecule has 0 nitrogen and oxygen atoms in total. The molecule has 0 N–H and O–H groups in total. The third-order valence-electron chi connectivity index (χ3n) is 0. The van der Waals surface area contributed by atoms with Gasteiger partial charge in [-0.15, -0.1) is 0 Å². The molecular formula is H16Al4CaMgMn. The molecule has 7 heteroatoms. The largest absolute Gasteiger partial charge is 0.316 e. The summed E-state index contributed by atoms with van der Waals surface area (Å²) in [6, 6.07) is 0. The van der Waals surface area contributed by atoms with Crippen LogP contribution in [-0.2, 0) is 17.1 Å². The predicted octanol–water partition coefficient (Wildman–Crippen LogP) is -6.57. The molecule has 39 valence electrons. The molecule has 0 amide bonds. The van der Waals surface area contributed by atoms with Crippen LogP contribution in [0, 0.1) is 0 Å². The first-order chi connectivity index (χ1) is 0. The van der Waals surface area contributed by atoms with Crippen molar-refractivity contribution in [2.24, 2.45) is 0 Å². The normalized spacial score (nSPS) is 0. The molecule has 0 rings (SSSR count). The van der Waals surface area contributed by atoms with E-state index < -0.39 is 0 Å². The number of hydrogen-bond acceptors (Lipinski definition) is 0. The molecule has 0 aromatic carbocycles. The molecular weight excluding hydrogens is 227 g/mol. The van der Waals surface area contributed by atoms with Crippen LogP contribution in [-0.4, -0.2) is 130 Å². The fourth-order valence-corrected chi connectivity index (χ4v) is 0. The first-order valence-corrected chi connectivity index (χ1v) is 0. The molecule has 0 fully saturated rings. The van der Waals surface area contributed by atoms with Crippen LogP contribution in [0.5, 0.6) is 0 Å². The Morgan fingerprint density at radius 2 is 0.571 bits per heavy atom. The summed E-state index contributed by atoms with van der Waals surface area (Å²) >= 11 is 0. The summed E-state index contributed by atoms with van der Waals surface area (Å²) in [6.45, 7) is 0. The van der Waals surface area contributed by atoms with E-state index in [9.17, 15) is 0 Å². The average molecular weight is 243 g/mol. The van der Waals surface area contributed by atoms with Gasteiger partial charge in [-0.25, -0.2) is 0 Å². The van der Waals surface area contributed by atoms with Crippen molar-refractivity contribution < 1.29 is 17.1 Å². The van der Waals surface area contributed by atoms with Crippen LogP contribution in [0.3, 0.4) is 0 Å². The maximum atomic E-state index is 0. The van der Waals surface area contributed by atoms with Gasteiger partial charge in [0, 0.05) is 17.1 Å². The SMILES string of the molecule is [AlH3].[AlH3].[AlH3].[AlH3].[CaH2].[MgH2].[Mn]. The monoisotopic (exact) mass is 243 g/mol. The Morgan fingerprint density at radius 1 is 0.571 bits per heavy atom. The van der Waals surface area contributed by atoms with E-state index in [2.05, 4.69) is 0 Å². The fraction of sp³-hybridized carbons (Fsp3) is 0. The Labute approximate surface area is 144 Å². The molecule has 0 aliphatic heterocycles. The summed E-state index contributed by atoms with van der Waals surface area (Å²) in [6.07, 6.45) is 0. The smallest absolute Gasteiger partial charge is 0 e. The van der Waals surface area contributed by atoms with Crippen molar-refractivity contribution in [3.05, 3.63) is 0 Å². The van der Waals surface area contributed by atoms with Gasteiger partial charge < -0.3 is 0 Å². The molecule has 0 aliphatic rings. The van der Waals surface area contributed by atoms with Gasteiger partial charge in [0.15, 0.2) is 69.4 Å². The van der Waals surface area contributed by atoms with E-state index in [-0.39, 0.29) is 147 Å². The van der Waals surface area contributed by atoms with Gasteiger partial charge in [0.05, 0.1) is 0 Å². The van der Waals surface area contributed by atoms with Crippen LogP contribution >= 0.6 is 0 Å². The Morgan fingerprint density at radius 3 is 0.571 bits per heavy atom. The Balaban J connectivity index is 0. The Kier molecular flexibility index (Phi) is 398. The van der Waals surface area contributed by atoms with Crippen molar-refractivity contribution in [1.29, 1.82) is 0 Å². The minimum atomic E-state index is 0. The molecule has 0 heterocycles. The van der Waals surface area contributed by atoms with E-state index in [0.717, 1.165) is 0 Å². The molecule has 7 heavy (non-hydrogen) atoms. The second kappa shape index (κ2) is 45.7. The van der Waals surface area contributed by atoms with E-state index in [1.54, 1.807) is 0 Å². The molecule has 0 aliphatic carbocycles. The summed E-state index contributed by atoms with van der Waals surface area (Å²) in [4.78, 5) is 0. The summed E-state index contributed by atoms with van der Waals surface area (Å²) in [5.41, 5.74) is 0. The van der Waals surface area contributed by atoms with Crippen LogP contribution in [0.4, 0.5) is 0 Å². The van der Waals surface area contributed by atoms with Crippen LogP contribution < -0.4 is 0 Å². The predicted molar refractivity (Wildman–Crippen MR) is 56.8 cm³/mol. The van der Waals surface area contributed by atoms with Gasteiger partial charge in [-0.05, 0) is 0 Å². The number of rotatable bonds is 0. The molecule has 0 unspecified atom stereocenters. The molecule has 0 saturated heterocycles. The van der Waals surface area contributed by atoms with Crippen molar-refractivity contribution >= 4 is 130 Å². The van der Waals surface area contributed by atoms with Gasteiger partial charge in [0.2, 0.25) is 0 Å². The molecule has 0 aromatic heterocycles. The van der Waals surface area contributed by atoms with Crippen LogP contribution in [0.1, 0.15) is 0 Å². The van der Waals surface area contributed by atoms with E-state index in [4.69, 9.17) is 0 Å². The van der Waals surface area contributed by atoms with Gasteiger partial charge in [0.1, 0.15) is 0 Å². The molecule has 0 atom stereocenters. The molecule has 0 bridgehead atoms. The molecule has 0 aromatic rings. The van der Waals surface area contributed by atoms with Crippen LogP contribution in [0.2, 0.25) is 0 Å². The third kappa shape index (κ3) is 36.8. The zero-order chi connectivity index (χ0) is 0. The summed E-state index contributed by atoms with van der Waals surface area (Å²) in [5, 5.41) is 0. The van der Waals surface area contributed by atoms with E-state index in [1.165, 1.54) is 0 Å². The zero-order valence-electron chi connectivity index (χ0n) is 0.378. The fourth-order valence-electron chi connectivity index (χ4n) is 0. The van der Waals surface area contributed by atoms with Gasteiger partial charge >= 0.3 is 60.8 Å². The second-order valence-corrected chi connectivity index (χ2v) is 0. The quantitative estimate of drug-likeness (QED) is 0.371. The van der Waals surface area contributed by atoms with E-state index >= 15 is 0 Å². The van der Waals surface area contributed by atoms with Gasteiger partial charge in [-0.1, -0.05) is 0 Å². The van der Waals surface area contributed by atoms with Crippen molar-refractivity contribution in [2.75, 3.05) is 0 Å². The Bertz CT molecular complexity index is 11.7. The van der Waals surface area contributed by atoms with E-state index in [0.29, 0.717) is 0 Å². The molecule has 0 saturated carbocycles. The minimum Gasteiger partial charge on any atom is 0 e.